The summed E-state index contributed by atoms with van der Waals surface area (Å²) >= 11 is 0. The molecule has 4 aromatic heterocycles. The maximum absolute atomic E-state index is 15.3. The van der Waals surface area contributed by atoms with Gasteiger partial charge < -0.3 is 10.4 Å². The molecule has 0 aliphatic heterocycles. The average molecular weight is 806 g/mol. The van der Waals surface area contributed by atoms with Crippen LogP contribution in [0.4, 0.5) is 36.6 Å². The van der Waals surface area contributed by atoms with Gasteiger partial charge in [0.05, 0.1) is 29.2 Å². The number of aliphatic hydroxyl groups is 1. The zero-order valence-electron chi connectivity index (χ0n) is 30.4. The van der Waals surface area contributed by atoms with Gasteiger partial charge in [0.1, 0.15) is 41.0 Å². The Labute approximate surface area is 316 Å². The van der Waals surface area contributed by atoms with Crippen LogP contribution in [0.3, 0.4) is 0 Å². The lowest BCUT2D eigenvalue weighted by molar-refractivity contribution is -0.142. The zero-order chi connectivity index (χ0) is 41.1. The molecule has 1 amide bonds. The highest BCUT2D eigenvalue weighted by molar-refractivity contribution is 7.92. The minimum Gasteiger partial charge on any atom is -0.378 e. The number of nitrogens with zero attached hydrogens (tertiary/aromatic N) is 5. The summed E-state index contributed by atoms with van der Waals surface area (Å²) in [4.78, 5) is 22.9. The molecular weight excluding hydrogens is 772 g/mol. The second-order valence-electron chi connectivity index (χ2n) is 14.1. The van der Waals surface area contributed by atoms with Crippen molar-refractivity contribution in [3.8, 4) is 23.1 Å². The number of aromatic nitrogens is 5. The first-order valence-corrected chi connectivity index (χ1v) is 18.8. The van der Waals surface area contributed by atoms with Gasteiger partial charge in [0, 0.05) is 23.1 Å². The van der Waals surface area contributed by atoms with Gasteiger partial charge >= 0.3 is 6.18 Å². The number of hydrogen-bond acceptors (Lipinski definition) is 7. The normalized spacial score (nSPS) is 16.0. The molecule has 0 fully saturated rings. The third-order valence-corrected chi connectivity index (χ3v) is 9.46. The van der Waals surface area contributed by atoms with Crippen LogP contribution in [-0.2, 0) is 46.3 Å². The van der Waals surface area contributed by atoms with Gasteiger partial charge in [0.25, 0.3) is 5.92 Å². The van der Waals surface area contributed by atoms with Gasteiger partial charge in [-0.3, -0.25) is 18.6 Å². The third-order valence-electron chi connectivity index (χ3n) is 8.89. The molecular formula is C37H34F7N7O4S. The number of carbonyl (C=O) groups is 1. The molecule has 5 aromatic rings. The van der Waals surface area contributed by atoms with Crippen molar-refractivity contribution in [2.24, 2.45) is 5.92 Å². The molecule has 2 atom stereocenters. The van der Waals surface area contributed by atoms with Crippen molar-refractivity contribution in [2.45, 2.75) is 70.8 Å². The second kappa shape index (κ2) is 14.2. The number of amides is 1. The van der Waals surface area contributed by atoms with E-state index in [0.717, 1.165) is 25.3 Å². The predicted molar refractivity (Wildman–Crippen MR) is 190 cm³/mol. The number of rotatable bonds is 9. The number of hydrogen-bond donors (Lipinski definition) is 3. The van der Waals surface area contributed by atoms with Crippen molar-refractivity contribution < 1.29 is 49.1 Å². The SMILES string of the molecule is Cc1nc(NS(C)(=O)=O)c2cccc(-c3ccc(C#CC(C)(C)O)nc3[C@H](Cc3cc(F)cc(F)c3)NC(=O)Cn3nc(C(F)(F)F)c4c3C(F)(F)[C@H](C)C4)n12. The molecule has 4 heterocycles. The van der Waals surface area contributed by atoms with Gasteiger partial charge in [-0.25, -0.2) is 27.2 Å². The summed E-state index contributed by atoms with van der Waals surface area (Å²) < 4.78 is 130. The maximum Gasteiger partial charge on any atom is 0.435 e. The number of pyridine rings is 2. The Kier molecular flexibility index (Phi) is 10.2. The Morgan fingerprint density at radius 2 is 1.77 bits per heavy atom. The fourth-order valence-electron chi connectivity index (χ4n) is 6.65. The van der Waals surface area contributed by atoms with E-state index in [1.54, 1.807) is 29.5 Å². The van der Waals surface area contributed by atoms with E-state index in [0.29, 0.717) is 27.8 Å². The van der Waals surface area contributed by atoms with Gasteiger partial charge in [-0.2, -0.15) is 27.1 Å². The standard InChI is InChI=1S/C37H34F7N7O4S/c1-19-13-26-32(37(42,43)44)48-50(33(26)36(19,40)41)18-30(52)47-27(16-21-14-22(38)17-23(39)15-21)31-25(10-9-24(46-31)11-12-35(3,4)53)28-7-6-8-29-34(49-56(5,54)55)45-20(2)51(28)29/h6-10,14-15,17,19,27,49,53H,13,16,18H2,1-5H3,(H,47,52)/t19-,27+/m1/s1. The van der Waals surface area contributed by atoms with Crippen LogP contribution in [0.1, 0.15) is 66.5 Å². The van der Waals surface area contributed by atoms with Crippen molar-refractivity contribution in [1.29, 1.82) is 0 Å². The molecule has 11 nitrogen and oxygen atoms in total. The van der Waals surface area contributed by atoms with Crippen LogP contribution < -0.4 is 10.0 Å². The van der Waals surface area contributed by atoms with Crippen molar-refractivity contribution >= 4 is 27.3 Å². The first-order valence-electron chi connectivity index (χ1n) is 16.9. The van der Waals surface area contributed by atoms with Gasteiger partial charge in [0.2, 0.25) is 15.9 Å². The molecule has 1 aliphatic carbocycles. The molecule has 6 rings (SSSR count). The molecule has 3 N–H and O–H groups in total. The van der Waals surface area contributed by atoms with Crippen molar-refractivity contribution in [3.63, 3.8) is 0 Å². The molecule has 0 spiro atoms. The summed E-state index contributed by atoms with van der Waals surface area (Å²) in [5.74, 6) is -2.65. The molecule has 0 saturated carbocycles. The van der Waals surface area contributed by atoms with Gasteiger partial charge in [-0.15, -0.1) is 0 Å². The topological polar surface area (TPSA) is 144 Å². The number of fused-ring (bicyclic) bond motifs is 2. The van der Waals surface area contributed by atoms with Crippen LogP contribution in [0.25, 0.3) is 16.8 Å². The lowest BCUT2D eigenvalue weighted by atomic mass is 9.96. The highest BCUT2D eigenvalue weighted by Gasteiger charge is 2.54. The van der Waals surface area contributed by atoms with E-state index in [-0.39, 0.29) is 34.8 Å². The molecule has 19 heteroatoms. The molecule has 1 aromatic carbocycles. The van der Waals surface area contributed by atoms with Crippen LogP contribution in [-0.4, -0.2) is 55.4 Å². The van der Waals surface area contributed by atoms with E-state index in [9.17, 15) is 40.3 Å². The number of imidazole rings is 1. The van der Waals surface area contributed by atoms with Gasteiger partial charge in [0.15, 0.2) is 11.5 Å². The van der Waals surface area contributed by atoms with Crippen LogP contribution >= 0.6 is 0 Å². The second-order valence-corrected chi connectivity index (χ2v) is 15.9. The van der Waals surface area contributed by atoms with Crippen LogP contribution in [0.2, 0.25) is 0 Å². The summed E-state index contributed by atoms with van der Waals surface area (Å²) in [6.45, 7) is 4.41. The fourth-order valence-corrected chi connectivity index (χ4v) is 7.15. The molecule has 0 radical (unpaired) electrons. The number of aryl methyl sites for hydroxylation is 1. The lowest BCUT2D eigenvalue weighted by Gasteiger charge is -2.23. The number of halogens is 7. The highest BCUT2D eigenvalue weighted by Crippen LogP contribution is 2.49. The highest BCUT2D eigenvalue weighted by atomic mass is 32.2. The number of alkyl halides is 5. The minimum absolute atomic E-state index is 0.00452. The van der Waals surface area contributed by atoms with E-state index in [1.165, 1.54) is 26.0 Å². The molecule has 56 heavy (non-hydrogen) atoms. The predicted octanol–water partition coefficient (Wildman–Crippen LogP) is 6.08. The van der Waals surface area contributed by atoms with E-state index in [1.807, 2.05) is 0 Å². The summed E-state index contributed by atoms with van der Waals surface area (Å²) in [6, 6.07) is 9.02. The quantitative estimate of drug-likeness (QED) is 0.121. The van der Waals surface area contributed by atoms with E-state index < -0.39 is 87.1 Å². The van der Waals surface area contributed by atoms with E-state index >= 15 is 8.78 Å². The van der Waals surface area contributed by atoms with Crippen LogP contribution in [0.15, 0.2) is 48.5 Å². The largest absolute Gasteiger partial charge is 0.435 e. The summed E-state index contributed by atoms with van der Waals surface area (Å²) in [5.41, 5.74) is -3.84. The Balaban J connectivity index is 1.53. The average Bonchev–Trinajstić information content (AvgIpc) is 3.66. The molecule has 0 bridgehead atoms. The van der Waals surface area contributed by atoms with Crippen LogP contribution in [0.5, 0.6) is 0 Å². The first-order chi connectivity index (χ1) is 25.9. The Bertz CT molecular complexity index is 2530. The first kappa shape index (κ1) is 40.2. The van der Waals surface area contributed by atoms with Crippen molar-refractivity contribution in [2.75, 3.05) is 11.0 Å². The molecule has 1 aliphatic rings. The number of sulfonamides is 1. The fraction of sp³-hybridized carbons (Fsp3) is 0.351. The minimum atomic E-state index is -5.09. The molecule has 0 unspecified atom stereocenters. The Morgan fingerprint density at radius 1 is 1.09 bits per heavy atom. The van der Waals surface area contributed by atoms with E-state index in [4.69, 9.17) is 0 Å². The van der Waals surface area contributed by atoms with Crippen LogP contribution in [0, 0.1) is 36.3 Å². The lowest BCUT2D eigenvalue weighted by Crippen LogP contribution is -2.35. The van der Waals surface area contributed by atoms with Gasteiger partial charge in [-0.05, 0) is 81.5 Å². The number of anilines is 1. The zero-order valence-corrected chi connectivity index (χ0v) is 31.2. The molecule has 0 saturated heterocycles. The van der Waals surface area contributed by atoms with Crippen molar-refractivity contribution in [1.82, 2.24) is 29.5 Å². The number of carbonyl (C=O) groups excluding carboxylic acids is 1. The molecule has 296 valence electrons. The maximum atomic E-state index is 15.3. The summed E-state index contributed by atoms with van der Waals surface area (Å²) in [7, 11) is -3.78. The monoisotopic (exact) mass is 805 g/mol. The Morgan fingerprint density at radius 3 is 2.39 bits per heavy atom. The Hall–Kier alpha value is -5.48. The number of benzene rings is 1. The van der Waals surface area contributed by atoms with Crippen molar-refractivity contribution in [3.05, 3.63) is 99.9 Å². The summed E-state index contributed by atoms with van der Waals surface area (Å²) in [6.07, 6.45) is -5.17. The van der Waals surface area contributed by atoms with Gasteiger partial charge in [-0.1, -0.05) is 18.9 Å². The summed E-state index contributed by atoms with van der Waals surface area (Å²) in [5, 5.41) is 16.3. The number of nitrogens with one attached hydrogen (secondary N) is 2. The van der Waals surface area contributed by atoms with E-state index in [2.05, 4.69) is 36.9 Å². The smallest absolute Gasteiger partial charge is 0.378 e. The third kappa shape index (κ3) is 8.35.